The van der Waals surface area contributed by atoms with E-state index in [4.69, 9.17) is 4.74 Å². The van der Waals surface area contributed by atoms with Crippen LogP contribution in [0.1, 0.15) is 13.8 Å². The maximum Gasteiger partial charge on any atom is 0.266 e. The van der Waals surface area contributed by atoms with Gasteiger partial charge in [0.2, 0.25) is 5.91 Å². The minimum absolute atomic E-state index is 0.102. The van der Waals surface area contributed by atoms with Crippen molar-refractivity contribution in [3.8, 4) is 11.4 Å². The number of carbonyl (C=O) groups is 1. The van der Waals surface area contributed by atoms with Crippen LogP contribution in [0.25, 0.3) is 16.6 Å². The van der Waals surface area contributed by atoms with Crippen LogP contribution in [0.15, 0.2) is 58.5 Å². The quantitative estimate of drug-likeness (QED) is 0.502. The van der Waals surface area contributed by atoms with Crippen molar-refractivity contribution in [2.24, 2.45) is 0 Å². The van der Waals surface area contributed by atoms with E-state index in [1.165, 1.54) is 16.3 Å². The topological polar surface area (TPSA) is 73.2 Å². The molecule has 0 unspecified atom stereocenters. The molecule has 27 heavy (non-hydrogen) atoms. The van der Waals surface area contributed by atoms with Crippen molar-refractivity contribution in [2.45, 2.75) is 19.0 Å². The van der Waals surface area contributed by atoms with Crippen molar-refractivity contribution >= 4 is 28.6 Å². The van der Waals surface area contributed by atoms with E-state index in [0.717, 1.165) is 0 Å². The van der Waals surface area contributed by atoms with E-state index in [1.807, 2.05) is 50.2 Å². The molecule has 1 aromatic heterocycles. The van der Waals surface area contributed by atoms with Gasteiger partial charge in [0.05, 0.1) is 29.0 Å². The fourth-order valence-corrected chi connectivity index (χ4v) is 3.55. The Morgan fingerprint density at radius 3 is 2.67 bits per heavy atom. The Kier molecular flexibility index (Phi) is 6.13. The minimum Gasteiger partial charge on any atom is -0.492 e. The van der Waals surface area contributed by atoms with E-state index in [-0.39, 0.29) is 17.2 Å². The summed E-state index contributed by atoms with van der Waals surface area (Å²) in [5.74, 6) is 0.670. The first-order valence-electron chi connectivity index (χ1n) is 8.79. The third-order valence-corrected chi connectivity index (χ3v) is 4.80. The minimum atomic E-state index is -0.189. The molecule has 2 aromatic carbocycles. The molecule has 0 aliphatic rings. The molecule has 0 fully saturated rings. The molecule has 0 saturated carbocycles. The summed E-state index contributed by atoms with van der Waals surface area (Å²) in [7, 11) is 0. The van der Waals surface area contributed by atoms with Gasteiger partial charge in [-0.3, -0.25) is 14.2 Å². The number of benzene rings is 2. The first-order chi connectivity index (χ1) is 13.2. The van der Waals surface area contributed by atoms with Gasteiger partial charge in [0.15, 0.2) is 5.16 Å². The van der Waals surface area contributed by atoms with E-state index >= 15 is 0 Å². The van der Waals surface area contributed by atoms with E-state index < -0.39 is 0 Å². The molecule has 140 valence electrons. The number of hydrogen-bond acceptors (Lipinski definition) is 5. The lowest BCUT2D eigenvalue weighted by Gasteiger charge is -2.16. The predicted molar refractivity (Wildman–Crippen MR) is 108 cm³/mol. The SMILES string of the molecule is CCNC(=O)CSc1nc2ccccc2c(=O)n1-c1ccccc1OCC. The highest BCUT2D eigenvalue weighted by atomic mass is 32.2. The molecule has 0 saturated heterocycles. The Bertz CT molecular complexity index is 1020. The zero-order valence-electron chi connectivity index (χ0n) is 15.3. The highest BCUT2D eigenvalue weighted by molar-refractivity contribution is 7.99. The molecule has 0 aliphatic carbocycles. The number of carbonyl (C=O) groups excluding carboxylic acids is 1. The van der Waals surface area contributed by atoms with Crippen LogP contribution in [0.4, 0.5) is 0 Å². The predicted octanol–water partition coefficient (Wildman–Crippen LogP) is 3.01. The summed E-state index contributed by atoms with van der Waals surface area (Å²) in [6.45, 7) is 4.80. The number of para-hydroxylation sites is 3. The Balaban J connectivity index is 2.17. The first kappa shape index (κ1) is 19.0. The van der Waals surface area contributed by atoms with Crippen LogP contribution in [-0.4, -0.2) is 34.4 Å². The van der Waals surface area contributed by atoms with Gasteiger partial charge in [0.25, 0.3) is 5.56 Å². The second kappa shape index (κ2) is 8.73. The molecule has 1 heterocycles. The largest absolute Gasteiger partial charge is 0.492 e. The molecule has 0 radical (unpaired) electrons. The lowest BCUT2D eigenvalue weighted by Crippen LogP contribution is -2.26. The zero-order chi connectivity index (χ0) is 19.2. The van der Waals surface area contributed by atoms with Gasteiger partial charge in [0.1, 0.15) is 5.75 Å². The summed E-state index contributed by atoms with van der Waals surface area (Å²) in [4.78, 5) is 29.8. The van der Waals surface area contributed by atoms with Crippen molar-refractivity contribution in [1.82, 2.24) is 14.9 Å². The summed E-state index contributed by atoms with van der Waals surface area (Å²) in [5.41, 5.74) is 1.03. The second-order valence-corrected chi connectivity index (χ2v) is 6.64. The summed E-state index contributed by atoms with van der Waals surface area (Å²) in [6.07, 6.45) is 0. The molecule has 3 rings (SSSR count). The Morgan fingerprint density at radius 2 is 1.89 bits per heavy atom. The number of aromatic nitrogens is 2. The van der Waals surface area contributed by atoms with Crippen molar-refractivity contribution in [3.05, 3.63) is 58.9 Å². The fraction of sp³-hybridized carbons (Fsp3) is 0.250. The smallest absolute Gasteiger partial charge is 0.266 e. The number of nitrogens with one attached hydrogen (secondary N) is 1. The van der Waals surface area contributed by atoms with Crippen molar-refractivity contribution in [3.63, 3.8) is 0 Å². The molecular weight excluding hydrogens is 362 g/mol. The van der Waals surface area contributed by atoms with E-state index in [9.17, 15) is 9.59 Å². The van der Waals surface area contributed by atoms with Gasteiger partial charge in [-0.05, 0) is 38.1 Å². The molecular formula is C20H21N3O3S. The molecule has 0 bridgehead atoms. The van der Waals surface area contributed by atoms with Gasteiger partial charge in [-0.15, -0.1) is 0 Å². The Hall–Kier alpha value is -2.80. The van der Waals surface area contributed by atoms with Crippen LogP contribution >= 0.6 is 11.8 Å². The summed E-state index contributed by atoms with van der Waals surface area (Å²) in [5, 5.41) is 3.73. The molecule has 6 nitrogen and oxygen atoms in total. The van der Waals surface area contributed by atoms with Gasteiger partial charge in [-0.1, -0.05) is 36.0 Å². The standard InChI is InChI=1S/C20H21N3O3S/c1-3-21-18(24)13-27-20-22-15-10-6-5-9-14(15)19(25)23(20)16-11-7-8-12-17(16)26-4-2/h5-12H,3-4,13H2,1-2H3,(H,21,24). The lowest BCUT2D eigenvalue weighted by molar-refractivity contribution is -0.118. The van der Waals surface area contributed by atoms with Gasteiger partial charge < -0.3 is 10.1 Å². The summed E-state index contributed by atoms with van der Waals surface area (Å²) < 4.78 is 7.23. The molecule has 3 aromatic rings. The van der Waals surface area contributed by atoms with E-state index in [2.05, 4.69) is 10.3 Å². The van der Waals surface area contributed by atoms with Crippen molar-refractivity contribution < 1.29 is 9.53 Å². The number of amides is 1. The number of fused-ring (bicyclic) bond motifs is 1. The van der Waals surface area contributed by atoms with E-state index in [0.29, 0.717) is 40.6 Å². The highest BCUT2D eigenvalue weighted by Gasteiger charge is 2.17. The van der Waals surface area contributed by atoms with Crippen LogP contribution in [0, 0.1) is 0 Å². The molecule has 0 aliphatic heterocycles. The Labute approximate surface area is 161 Å². The van der Waals surface area contributed by atoms with Gasteiger partial charge in [0, 0.05) is 6.54 Å². The average molecular weight is 383 g/mol. The average Bonchev–Trinajstić information content (AvgIpc) is 2.68. The number of ether oxygens (including phenoxy) is 1. The summed E-state index contributed by atoms with van der Waals surface area (Å²) >= 11 is 1.23. The third-order valence-electron chi connectivity index (χ3n) is 3.86. The maximum absolute atomic E-state index is 13.2. The van der Waals surface area contributed by atoms with Gasteiger partial charge in [-0.2, -0.15) is 0 Å². The number of rotatable bonds is 7. The number of nitrogens with zero attached hydrogens (tertiary/aromatic N) is 2. The third kappa shape index (κ3) is 4.14. The first-order valence-corrected chi connectivity index (χ1v) is 9.77. The normalized spacial score (nSPS) is 10.7. The van der Waals surface area contributed by atoms with Crippen molar-refractivity contribution in [2.75, 3.05) is 18.9 Å². The zero-order valence-corrected chi connectivity index (χ0v) is 16.1. The second-order valence-electron chi connectivity index (χ2n) is 5.70. The Morgan fingerprint density at radius 1 is 1.15 bits per heavy atom. The van der Waals surface area contributed by atoms with Crippen LogP contribution in [0.3, 0.4) is 0 Å². The summed E-state index contributed by atoms with van der Waals surface area (Å²) in [6, 6.07) is 14.5. The molecule has 0 spiro atoms. The monoisotopic (exact) mass is 383 g/mol. The fourth-order valence-electron chi connectivity index (χ4n) is 2.72. The molecule has 7 heteroatoms. The van der Waals surface area contributed by atoms with Gasteiger partial charge >= 0.3 is 0 Å². The van der Waals surface area contributed by atoms with Crippen LogP contribution < -0.4 is 15.6 Å². The maximum atomic E-state index is 13.2. The number of hydrogen-bond donors (Lipinski definition) is 1. The molecule has 1 N–H and O–H groups in total. The van der Waals surface area contributed by atoms with Gasteiger partial charge in [-0.25, -0.2) is 4.98 Å². The molecule has 1 amide bonds. The van der Waals surface area contributed by atoms with Crippen LogP contribution in [0.5, 0.6) is 5.75 Å². The van der Waals surface area contributed by atoms with Crippen LogP contribution in [-0.2, 0) is 4.79 Å². The highest BCUT2D eigenvalue weighted by Crippen LogP contribution is 2.27. The molecule has 0 atom stereocenters. The lowest BCUT2D eigenvalue weighted by atomic mass is 10.2. The van der Waals surface area contributed by atoms with Crippen molar-refractivity contribution in [1.29, 1.82) is 0 Å². The van der Waals surface area contributed by atoms with E-state index in [1.54, 1.807) is 12.1 Å². The number of thioether (sulfide) groups is 1. The van der Waals surface area contributed by atoms with Crippen LogP contribution in [0.2, 0.25) is 0 Å².